The van der Waals surface area contributed by atoms with E-state index in [0.29, 0.717) is 5.92 Å². The maximum Gasteiger partial charge on any atom is 0.0283 e. The molecule has 0 fully saturated rings. The van der Waals surface area contributed by atoms with E-state index in [2.05, 4.69) is 55.2 Å². The first kappa shape index (κ1) is 13.0. The van der Waals surface area contributed by atoms with Crippen molar-refractivity contribution < 1.29 is 0 Å². The van der Waals surface area contributed by atoms with Gasteiger partial charge in [0.25, 0.3) is 0 Å². The topological polar surface area (TPSA) is 0 Å². The van der Waals surface area contributed by atoms with Crippen molar-refractivity contribution in [2.24, 2.45) is 0 Å². The van der Waals surface area contributed by atoms with Crippen LogP contribution >= 0.6 is 0 Å². The van der Waals surface area contributed by atoms with Crippen LogP contribution in [0, 0.1) is 11.8 Å². The molecule has 94 valence electrons. The second-order valence-electron chi connectivity index (χ2n) is 4.96. The second-order valence-corrected chi connectivity index (χ2v) is 4.96. The van der Waals surface area contributed by atoms with Crippen LogP contribution in [-0.4, -0.2) is 0 Å². The Morgan fingerprint density at radius 3 is 2.94 bits per heavy atom. The van der Waals surface area contributed by atoms with E-state index in [4.69, 9.17) is 0 Å². The van der Waals surface area contributed by atoms with Crippen LogP contribution in [0.3, 0.4) is 0 Å². The third-order valence-corrected chi connectivity index (χ3v) is 3.49. The third kappa shape index (κ3) is 3.50. The average Bonchev–Trinajstić information content (AvgIpc) is 2.45. The Hall–Kier alpha value is -1.48. The van der Waals surface area contributed by atoms with Gasteiger partial charge in [0, 0.05) is 17.9 Å². The summed E-state index contributed by atoms with van der Waals surface area (Å²) in [4.78, 5) is 0. The van der Waals surface area contributed by atoms with Gasteiger partial charge in [0.2, 0.25) is 0 Å². The Morgan fingerprint density at radius 1 is 1.28 bits per heavy atom. The molecule has 0 saturated heterocycles. The number of rotatable bonds is 3. The van der Waals surface area contributed by atoms with Crippen LogP contribution in [-0.2, 0) is 0 Å². The van der Waals surface area contributed by atoms with E-state index in [9.17, 15) is 0 Å². The fourth-order valence-electron chi connectivity index (χ4n) is 2.43. The third-order valence-electron chi connectivity index (χ3n) is 3.49. The molecule has 0 bridgehead atoms. The quantitative estimate of drug-likeness (QED) is 0.392. The van der Waals surface area contributed by atoms with E-state index < -0.39 is 0 Å². The minimum absolute atomic E-state index is 0.579. The number of hydrogen-bond donors (Lipinski definition) is 0. The molecule has 0 amide bonds. The highest BCUT2D eigenvalue weighted by Gasteiger charge is 2.13. The van der Waals surface area contributed by atoms with Gasteiger partial charge < -0.3 is 0 Å². The van der Waals surface area contributed by atoms with Crippen LogP contribution < -0.4 is 0 Å². The Balaban J connectivity index is 2.16. The molecule has 0 aromatic heterocycles. The molecule has 0 heteroatoms. The maximum atomic E-state index is 3.36. The van der Waals surface area contributed by atoms with E-state index in [-0.39, 0.29) is 0 Å². The highest BCUT2D eigenvalue weighted by molar-refractivity contribution is 5.44. The zero-order valence-electron chi connectivity index (χ0n) is 11.3. The van der Waals surface area contributed by atoms with Crippen LogP contribution in [0.2, 0.25) is 0 Å². The van der Waals surface area contributed by atoms with Crippen LogP contribution in [0.5, 0.6) is 0 Å². The minimum Gasteiger partial charge on any atom is -0.0979 e. The van der Waals surface area contributed by atoms with Gasteiger partial charge in [0.15, 0.2) is 0 Å². The molecule has 1 unspecified atom stereocenters. The van der Waals surface area contributed by atoms with Gasteiger partial charge in [-0.2, -0.15) is 0 Å². The molecule has 0 radical (unpaired) electrons. The first-order valence-electron chi connectivity index (χ1n) is 7.16. The van der Waals surface area contributed by atoms with Crippen LogP contribution in [0.4, 0.5) is 0 Å². The van der Waals surface area contributed by atoms with E-state index in [1.54, 1.807) is 0 Å². The van der Waals surface area contributed by atoms with Crippen molar-refractivity contribution in [3.05, 3.63) is 47.5 Å². The summed E-state index contributed by atoms with van der Waals surface area (Å²) in [5, 5.41) is 0. The van der Waals surface area contributed by atoms with Crippen LogP contribution in [0.1, 0.15) is 62.5 Å². The smallest absolute Gasteiger partial charge is 0.0283 e. The van der Waals surface area contributed by atoms with Crippen molar-refractivity contribution in [3.63, 3.8) is 0 Å². The van der Waals surface area contributed by atoms with Gasteiger partial charge >= 0.3 is 0 Å². The molecule has 0 spiro atoms. The van der Waals surface area contributed by atoms with Crippen molar-refractivity contribution in [2.45, 2.75) is 51.4 Å². The van der Waals surface area contributed by atoms with Crippen LogP contribution in [0.25, 0.3) is 0 Å². The van der Waals surface area contributed by atoms with Crippen molar-refractivity contribution >= 4 is 0 Å². The summed E-state index contributed by atoms with van der Waals surface area (Å²) in [5.41, 5.74) is 2.64. The van der Waals surface area contributed by atoms with Gasteiger partial charge in [0.05, 0.1) is 0 Å². The van der Waals surface area contributed by atoms with Gasteiger partial charge in [0.1, 0.15) is 0 Å². The fraction of sp³-hybridized carbons (Fsp3) is 0.444. The predicted molar refractivity (Wildman–Crippen MR) is 78.6 cm³/mol. The van der Waals surface area contributed by atoms with Crippen LogP contribution in [0.15, 0.2) is 36.4 Å². The molecule has 0 aliphatic heterocycles. The molecular formula is C18H22. The second kappa shape index (κ2) is 7.07. The molecule has 0 saturated carbocycles. The standard InChI is InChI=1S/C18H22/c1-2-3-4-6-11-17-14-9-10-15-18(17)16-12-7-5-8-13-16/h7,9-10,12,14-16H,2-5,8,13H2,1H3. The highest BCUT2D eigenvalue weighted by Crippen LogP contribution is 2.29. The SMILES string of the molecule is CCCCC#Cc1ccccc1C1C=CCCC1. The zero-order valence-corrected chi connectivity index (χ0v) is 11.3. The van der Waals surface area contributed by atoms with Gasteiger partial charge in [-0.25, -0.2) is 0 Å². The summed E-state index contributed by atoms with van der Waals surface area (Å²) in [7, 11) is 0. The summed E-state index contributed by atoms with van der Waals surface area (Å²) in [6.07, 6.45) is 11.9. The van der Waals surface area contributed by atoms with Crippen molar-refractivity contribution in [3.8, 4) is 11.8 Å². The Morgan fingerprint density at radius 2 is 2.17 bits per heavy atom. The number of unbranched alkanes of at least 4 members (excludes halogenated alkanes) is 2. The molecule has 0 N–H and O–H groups in total. The lowest BCUT2D eigenvalue weighted by molar-refractivity contribution is 0.653. The van der Waals surface area contributed by atoms with E-state index in [0.717, 1.165) is 6.42 Å². The normalized spacial score (nSPS) is 18.2. The summed E-state index contributed by atoms with van der Waals surface area (Å²) >= 11 is 0. The first-order valence-corrected chi connectivity index (χ1v) is 7.16. The molecule has 1 aromatic carbocycles. The Bertz CT molecular complexity index is 456. The summed E-state index contributed by atoms with van der Waals surface area (Å²) in [6.45, 7) is 2.21. The molecule has 0 nitrogen and oxygen atoms in total. The number of hydrogen-bond acceptors (Lipinski definition) is 0. The van der Waals surface area contributed by atoms with Crippen molar-refractivity contribution in [1.29, 1.82) is 0 Å². The molecule has 1 atom stereocenters. The maximum absolute atomic E-state index is 3.36. The molecule has 1 aliphatic carbocycles. The van der Waals surface area contributed by atoms with E-state index >= 15 is 0 Å². The lowest BCUT2D eigenvalue weighted by Gasteiger charge is -2.18. The monoisotopic (exact) mass is 238 g/mol. The predicted octanol–water partition coefficient (Wildman–Crippen LogP) is 5.05. The first-order chi connectivity index (χ1) is 8.92. The van der Waals surface area contributed by atoms with E-state index in [1.807, 2.05) is 0 Å². The van der Waals surface area contributed by atoms with Crippen molar-refractivity contribution in [2.75, 3.05) is 0 Å². The Kier molecular flexibility index (Phi) is 5.09. The Labute approximate surface area is 111 Å². The van der Waals surface area contributed by atoms with Gasteiger partial charge in [-0.05, 0) is 37.3 Å². The summed E-state index contributed by atoms with van der Waals surface area (Å²) < 4.78 is 0. The molecular weight excluding hydrogens is 216 g/mol. The minimum atomic E-state index is 0.579. The molecule has 18 heavy (non-hydrogen) atoms. The number of benzene rings is 1. The molecule has 1 aliphatic rings. The molecule has 2 rings (SSSR count). The van der Waals surface area contributed by atoms with Gasteiger partial charge in [-0.15, -0.1) is 0 Å². The average molecular weight is 238 g/mol. The molecule has 1 aromatic rings. The van der Waals surface area contributed by atoms with Gasteiger partial charge in [-0.3, -0.25) is 0 Å². The van der Waals surface area contributed by atoms with Crippen molar-refractivity contribution in [1.82, 2.24) is 0 Å². The highest BCUT2D eigenvalue weighted by atomic mass is 14.2. The van der Waals surface area contributed by atoms with Gasteiger partial charge in [-0.1, -0.05) is 55.5 Å². The van der Waals surface area contributed by atoms with E-state index in [1.165, 1.54) is 43.2 Å². The summed E-state index contributed by atoms with van der Waals surface area (Å²) in [5.74, 6) is 7.25. The lowest BCUT2D eigenvalue weighted by atomic mass is 9.87. The lowest BCUT2D eigenvalue weighted by Crippen LogP contribution is -2.01. The fourth-order valence-corrected chi connectivity index (χ4v) is 2.43. The largest absolute Gasteiger partial charge is 0.0979 e. The summed E-state index contributed by atoms with van der Waals surface area (Å²) in [6, 6.07) is 8.63. The number of allylic oxidation sites excluding steroid dienone is 2. The zero-order chi connectivity index (χ0) is 12.6. The molecule has 0 heterocycles.